The van der Waals surface area contributed by atoms with Gasteiger partial charge >= 0.3 is 0 Å². The average Bonchev–Trinajstić information content (AvgIpc) is 2.62. The zero-order chi connectivity index (χ0) is 14.2. The van der Waals surface area contributed by atoms with E-state index in [2.05, 4.69) is 18.7 Å². The summed E-state index contributed by atoms with van der Waals surface area (Å²) in [5, 5.41) is 0. The summed E-state index contributed by atoms with van der Waals surface area (Å²) in [7, 11) is 0. The molecule has 2 unspecified atom stereocenters. The van der Waals surface area contributed by atoms with Crippen molar-refractivity contribution in [2.45, 2.75) is 71.1 Å². The Balaban J connectivity index is 2.06. The summed E-state index contributed by atoms with van der Waals surface area (Å²) >= 11 is 0. The quantitative estimate of drug-likeness (QED) is 0.842. The monoisotopic (exact) mass is 267 g/mol. The lowest BCUT2D eigenvalue weighted by Crippen LogP contribution is -2.50. The number of nitrogens with two attached hydrogens (primary N) is 1. The molecule has 0 aromatic heterocycles. The molecule has 2 saturated heterocycles. The Bertz CT molecular complexity index is 329. The molecule has 2 fully saturated rings. The third kappa shape index (κ3) is 2.95. The Hall–Kier alpha value is -0.610. The molecule has 110 valence electrons. The fourth-order valence-corrected chi connectivity index (χ4v) is 3.65. The van der Waals surface area contributed by atoms with Gasteiger partial charge in [-0.15, -0.1) is 0 Å². The van der Waals surface area contributed by atoms with E-state index in [-0.39, 0.29) is 17.9 Å². The maximum Gasteiger partial charge on any atom is 0.239 e. The third-order valence-electron chi connectivity index (χ3n) is 4.75. The molecule has 3 atom stereocenters. The minimum absolute atomic E-state index is 0.145. The van der Waals surface area contributed by atoms with Crippen LogP contribution in [0.3, 0.4) is 0 Å². The van der Waals surface area contributed by atoms with Gasteiger partial charge in [-0.2, -0.15) is 0 Å². The number of rotatable bonds is 3. The predicted molar refractivity (Wildman–Crippen MR) is 77.8 cm³/mol. The predicted octanol–water partition coefficient (Wildman–Crippen LogP) is 1.44. The molecule has 0 aromatic rings. The molecule has 2 bridgehead atoms. The summed E-state index contributed by atoms with van der Waals surface area (Å²) in [6, 6.07) is 1.43. The van der Waals surface area contributed by atoms with Crippen LogP contribution in [0.2, 0.25) is 0 Å². The van der Waals surface area contributed by atoms with E-state index >= 15 is 0 Å². The molecule has 0 aromatic carbocycles. The highest BCUT2D eigenvalue weighted by Gasteiger charge is 2.40. The van der Waals surface area contributed by atoms with Gasteiger partial charge in [0.15, 0.2) is 0 Å². The van der Waals surface area contributed by atoms with E-state index < -0.39 is 0 Å². The largest absolute Gasteiger partial charge is 0.340 e. The lowest BCUT2D eigenvalue weighted by atomic mass is 10.0. The van der Waals surface area contributed by atoms with Gasteiger partial charge in [0.25, 0.3) is 0 Å². The molecule has 0 spiro atoms. The van der Waals surface area contributed by atoms with E-state index in [1.807, 2.05) is 18.7 Å². The minimum Gasteiger partial charge on any atom is -0.340 e. The van der Waals surface area contributed by atoms with E-state index in [9.17, 15) is 4.79 Å². The van der Waals surface area contributed by atoms with E-state index in [1.54, 1.807) is 0 Å². The second kappa shape index (κ2) is 5.80. The average molecular weight is 267 g/mol. The van der Waals surface area contributed by atoms with Crippen molar-refractivity contribution in [3.63, 3.8) is 0 Å². The summed E-state index contributed by atoms with van der Waals surface area (Å²) in [4.78, 5) is 17.1. The Morgan fingerprint density at radius 2 is 1.74 bits per heavy atom. The minimum atomic E-state index is -0.343. The van der Waals surface area contributed by atoms with E-state index in [0.29, 0.717) is 18.1 Å². The maximum atomic E-state index is 12.4. The van der Waals surface area contributed by atoms with Gasteiger partial charge in [0, 0.05) is 31.2 Å². The molecular formula is C15H29N3O. The molecule has 0 saturated carbocycles. The number of hydrogen-bond donors (Lipinski definition) is 1. The Labute approximate surface area is 117 Å². The zero-order valence-electron chi connectivity index (χ0n) is 12.8. The number of nitrogens with zero attached hydrogens (tertiary/aromatic N) is 2. The van der Waals surface area contributed by atoms with Crippen molar-refractivity contribution in [3.05, 3.63) is 0 Å². The molecule has 0 radical (unpaired) electrons. The van der Waals surface area contributed by atoms with Crippen LogP contribution in [0.15, 0.2) is 0 Å². The first-order chi connectivity index (χ1) is 8.91. The smallest absolute Gasteiger partial charge is 0.239 e. The van der Waals surface area contributed by atoms with E-state index in [0.717, 1.165) is 19.5 Å². The van der Waals surface area contributed by atoms with Gasteiger partial charge in [-0.1, -0.05) is 13.8 Å². The van der Waals surface area contributed by atoms with Crippen LogP contribution in [0.1, 0.15) is 47.0 Å². The molecule has 4 heteroatoms. The second-order valence-corrected chi connectivity index (χ2v) is 6.77. The number of carbonyl (C=O) groups is 1. The molecule has 2 rings (SSSR count). The molecule has 4 nitrogen and oxygen atoms in total. The van der Waals surface area contributed by atoms with Crippen LogP contribution in [-0.2, 0) is 4.79 Å². The van der Waals surface area contributed by atoms with Crippen molar-refractivity contribution >= 4 is 5.91 Å². The third-order valence-corrected chi connectivity index (χ3v) is 4.75. The Morgan fingerprint density at radius 1 is 1.11 bits per heavy atom. The molecule has 19 heavy (non-hydrogen) atoms. The van der Waals surface area contributed by atoms with Crippen molar-refractivity contribution in [2.75, 3.05) is 13.1 Å². The van der Waals surface area contributed by atoms with Crippen LogP contribution in [0, 0.1) is 5.92 Å². The Morgan fingerprint density at radius 3 is 2.32 bits per heavy atom. The SMILES string of the molecule is CC(C)[C@H](N)C(=O)N1CCC2CCC(C1)N2C(C)C. The standard InChI is InChI=1S/C15H29N3O/c1-10(2)14(16)15(19)17-8-7-12-5-6-13(9-17)18(12)11(3)4/h10-14H,5-9,16H2,1-4H3/t12?,13?,14-/m0/s1. The fraction of sp³-hybridized carbons (Fsp3) is 0.933. The number of likely N-dealkylation sites (tertiary alicyclic amines) is 1. The molecule has 2 heterocycles. The number of fused-ring (bicyclic) bond motifs is 2. The summed E-state index contributed by atoms with van der Waals surface area (Å²) in [6.45, 7) is 10.3. The number of hydrogen-bond acceptors (Lipinski definition) is 3. The van der Waals surface area contributed by atoms with Crippen LogP contribution < -0.4 is 5.73 Å². The van der Waals surface area contributed by atoms with Gasteiger partial charge in [0.05, 0.1) is 6.04 Å². The van der Waals surface area contributed by atoms with Crippen LogP contribution in [0.4, 0.5) is 0 Å². The molecular weight excluding hydrogens is 238 g/mol. The first kappa shape index (κ1) is 14.8. The van der Waals surface area contributed by atoms with Gasteiger partial charge in [0.1, 0.15) is 0 Å². The summed E-state index contributed by atoms with van der Waals surface area (Å²) in [6.07, 6.45) is 3.62. The Kier molecular flexibility index (Phi) is 4.51. The fourth-order valence-electron chi connectivity index (χ4n) is 3.65. The summed E-state index contributed by atoms with van der Waals surface area (Å²) in [5.41, 5.74) is 6.03. The van der Waals surface area contributed by atoms with Crippen molar-refractivity contribution in [3.8, 4) is 0 Å². The number of amides is 1. The van der Waals surface area contributed by atoms with Crippen molar-refractivity contribution in [1.82, 2.24) is 9.80 Å². The maximum absolute atomic E-state index is 12.4. The van der Waals surface area contributed by atoms with E-state index in [4.69, 9.17) is 5.73 Å². The van der Waals surface area contributed by atoms with Crippen molar-refractivity contribution in [2.24, 2.45) is 11.7 Å². The van der Waals surface area contributed by atoms with Gasteiger partial charge < -0.3 is 10.6 Å². The first-order valence-corrected chi connectivity index (χ1v) is 7.73. The summed E-state index contributed by atoms with van der Waals surface area (Å²) < 4.78 is 0. The molecule has 2 N–H and O–H groups in total. The lowest BCUT2D eigenvalue weighted by Gasteiger charge is -2.32. The van der Waals surface area contributed by atoms with Crippen LogP contribution >= 0.6 is 0 Å². The topological polar surface area (TPSA) is 49.6 Å². The first-order valence-electron chi connectivity index (χ1n) is 7.73. The molecule has 2 aliphatic rings. The van der Waals surface area contributed by atoms with Gasteiger partial charge in [-0.3, -0.25) is 9.69 Å². The highest BCUT2D eigenvalue weighted by molar-refractivity contribution is 5.82. The second-order valence-electron chi connectivity index (χ2n) is 6.77. The van der Waals surface area contributed by atoms with Crippen molar-refractivity contribution in [1.29, 1.82) is 0 Å². The molecule has 2 aliphatic heterocycles. The van der Waals surface area contributed by atoms with Crippen LogP contribution in [0.25, 0.3) is 0 Å². The summed E-state index contributed by atoms with van der Waals surface area (Å²) in [5.74, 6) is 0.361. The number of carbonyl (C=O) groups excluding carboxylic acids is 1. The van der Waals surface area contributed by atoms with Crippen LogP contribution in [0.5, 0.6) is 0 Å². The van der Waals surface area contributed by atoms with Gasteiger partial charge in [-0.25, -0.2) is 0 Å². The highest BCUT2D eigenvalue weighted by atomic mass is 16.2. The lowest BCUT2D eigenvalue weighted by molar-refractivity contribution is -0.134. The molecule has 0 aliphatic carbocycles. The highest BCUT2D eigenvalue weighted by Crippen LogP contribution is 2.32. The zero-order valence-corrected chi connectivity index (χ0v) is 12.8. The van der Waals surface area contributed by atoms with Gasteiger partial charge in [0.2, 0.25) is 5.91 Å². The van der Waals surface area contributed by atoms with E-state index in [1.165, 1.54) is 12.8 Å². The normalized spacial score (nSPS) is 29.9. The molecule has 1 amide bonds. The van der Waals surface area contributed by atoms with Gasteiger partial charge in [-0.05, 0) is 39.0 Å². The van der Waals surface area contributed by atoms with Crippen LogP contribution in [-0.4, -0.2) is 53.0 Å². The van der Waals surface area contributed by atoms with Crippen molar-refractivity contribution < 1.29 is 4.79 Å².